The van der Waals surface area contributed by atoms with Gasteiger partial charge in [-0.3, -0.25) is 9.69 Å². The van der Waals surface area contributed by atoms with Crippen LogP contribution < -0.4 is 10.1 Å². The zero-order valence-electron chi connectivity index (χ0n) is 18.5. The van der Waals surface area contributed by atoms with Crippen LogP contribution in [-0.2, 0) is 22.5 Å². The lowest BCUT2D eigenvalue weighted by Gasteiger charge is -2.37. The summed E-state index contributed by atoms with van der Waals surface area (Å²) in [6.45, 7) is 8.08. The van der Waals surface area contributed by atoms with Crippen molar-refractivity contribution in [3.63, 3.8) is 0 Å². The number of methoxy groups -OCH3 is 1. The molecule has 2 aliphatic rings. The summed E-state index contributed by atoms with van der Waals surface area (Å²) in [5.74, 6) is 1.86. The van der Waals surface area contributed by atoms with Gasteiger partial charge in [-0.15, -0.1) is 0 Å². The molecule has 0 aliphatic carbocycles. The maximum Gasteiger partial charge on any atom is 0.225 e. The van der Waals surface area contributed by atoms with Gasteiger partial charge in [0.25, 0.3) is 0 Å². The number of likely N-dealkylation sites (tertiary alicyclic amines) is 1. The van der Waals surface area contributed by atoms with Gasteiger partial charge < -0.3 is 19.3 Å². The first kappa shape index (κ1) is 21.7. The van der Waals surface area contributed by atoms with Crippen LogP contribution in [0.1, 0.15) is 35.7 Å². The lowest BCUT2D eigenvalue weighted by Crippen LogP contribution is -2.44. The summed E-state index contributed by atoms with van der Waals surface area (Å²) in [6.07, 6.45) is 4.24. The van der Waals surface area contributed by atoms with Crippen LogP contribution in [0.3, 0.4) is 0 Å². The van der Waals surface area contributed by atoms with E-state index < -0.39 is 0 Å². The minimum Gasteiger partial charge on any atom is -0.481 e. The van der Waals surface area contributed by atoms with E-state index in [4.69, 9.17) is 14.0 Å². The molecular weight excluding hydrogens is 398 g/mol. The third-order valence-electron chi connectivity index (χ3n) is 6.43. The minimum absolute atomic E-state index is 0.0417. The second-order valence-electron chi connectivity index (χ2n) is 8.64. The lowest BCUT2D eigenvalue weighted by atomic mass is 9.71. The Balaban J connectivity index is 1.41. The van der Waals surface area contributed by atoms with Crippen molar-refractivity contribution in [1.29, 1.82) is 0 Å². The first-order valence-electron chi connectivity index (χ1n) is 10.9. The van der Waals surface area contributed by atoms with Gasteiger partial charge in [0.15, 0.2) is 5.82 Å². The number of aryl methyl sites for hydroxylation is 2. The van der Waals surface area contributed by atoms with E-state index in [1.54, 1.807) is 14.0 Å². The lowest BCUT2D eigenvalue weighted by molar-refractivity contribution is -0.129. The second kappa shape index (κ2) is 9.32. The molecule has 1 N–H and O–H groups in total. The summed E-state index contributed by atoms with van der Waals surface area (Å²) in [5, 5.41) is 7.00. The molecule has 0 unspecified atom stereocenters. The summed E-state index contributed by atoms with van der Waals surface area (Å²) < 4.78 is 15.9. The number of carbonyl (C=O) groups is 1. The molecule has 4 rings (SSSR count). The van der Waals surface area contributed by atoms with Crippen molar-refractivity contribution in [3.05, 3.63) is 35.1 Å². The highest BCUT2D eigenvalue weighted by Crippen LogP contribution is 2.44. The number of rotatable bonds is 7. The first-order chi connectivity index (χ1) is 15.0. The number of amides is 1. The Morgan fingerprint density at radius 3 is 2.84 bits per heavy atom. The van der Waals surface area contributed by atoms with E-state index in [1.165, 1.54) is 0 Å². The fourth-order valence-electron chi connectivity index (χ4n) is 4.88. The molecule has 0 saturated carbocycles. The quantitative estimate of drug-likeness (QED) is 0.709. The van der Waals surface area contributed by atoms with E-state index in [0.717, 1.165) is 43.6 Å². The molecule has 168 valence electrons. The van der Waals surface area contributed by atoms with Crippen molar-refractivity contribution in [3.8, 4) is 5.88 Å². The number of carbonyl (C=O) groups excluding carboxylic acids is 1. The van der Waals surface area contributed by atoms with E-state index in [1.807, 2.05) is 13.1 Å². The predicted octanol–water partition coefficient (Wildman–Crippen LogP) is 1.68. The van der Waals surface area contributed by atoms with E-state index in [2.05, 4.69) is 31.4 Å². The monoisotopic (exact) mass is 429 g/mol. The average molecular weight is 430 g/mol. The van der Waals surface area contributed by atoms with Gasteiger partial charge in [-0.1, -0.05) is 5.16 Å². The summed E-state index contributed by atoms with van der Waals surface area (Å²) in [4.78, 5) is 24.2. The summed E-state index contributed by atoms with van der Waals surface area (Å²) in [5.41, 5.74) is 2.11. The number of ether oxygens (including phenoxy) is 2. The highest BCUT2D eigenvalue weighted by atomic mass is 16.5. The molecule has 9 heteroatoms. The normalized spacial score (nSPS) is 20.8. The summed E-state index contributed by atoms with van der Waals surface area (Å²) >= 11 is 0. The van der Waals surface area contributed by atoms with Crippen molar-refractivity contribution in [2.24, 2.45) is 11.3 Å². The standard InChI is InChI=1S/C22H31N5O4/c1-15-10-17(11-24-21(15)29-3)12-27-13-18(22(14-27)5-8-30-9-6-22)20(28)23-7-4-19-25-16(2)31-26-19/h10-11,18H,4-9,12-14H2,1-3H3,(H,23,28)/t18-/m1/s1. The molecular formula is C22H31N5O4. The molecule has 2 saturated heterocycles. The Morgan fingerprint density at radius 1 is 1.35 bits per heavy atom. The van der Waals surface area contributed by atoms with Gasteiger partial charge in [0.05, 0.1) is 13.0 Å². The maximum absolute atomic E-state index is 13.2. The van der Waals surface area contributed by atoms with Crippen molar-refractivity contribution in [1.82, 2.24) is 25.3 Å². The van der Waals surface area contributed by atoms with Crippen molar-refractivity contribution >= 4 is 5.91 Å². The molecule has 31 heavy (non-hydrogen) atoms. The molecule has 2 aliphatic heterocycles. The summed E-state index contributed by atoms with van der Waals surface area (Å²) in [7, 11) is 1.63. The molecule has 2 aromatic rings. The van der Waals surface area contributed by atoms with Crippen molar-refractivity contribution in [2.75, 3.05) is 40.0 Å². The van der Waals surface area contributed by atoms with E-state index in [0.29, 0.717) is 43.8 Å². The van der Waals surface area contributed by atoms with Crippen LogP contribution in [0, 0.1) is 25.2 Å². The van der Waals surface area contributed by atoms with E-state index >= 15 is 0 Å². The third kappa shape index (κ3) is 4.88. The molecule has 1 spiro atoms. The van der Waals surface area contributed by atoms with Crippen molar-refractivity contribution in [2.45, 2.75) is 39.7 Å². The number of nitrogens with one attached hydrogen (secondary N) is 1. The molecule has 1 atom stereocenters. The Labute approximate surface area is 182 Å². The van der Waals surface area contributed by atoms with Crippen LogP contribution in [0.5, 0.6) is 5.88 Å². The molecule has 1 amide bonds. The Kier molecular flexibility index (Phi) is 6.52. The second-order valence-corrected chi connectivity index (χ2v) is 8.64. The number of hydrogen-bond donors (Lipinski definition) is 1. The van der Waals surface area contributed by atoms with Gasteiger partial charge in [-0.2, -0.15) is 4.98 Å². The molecule has 9 nitrogen and oxygen atoms in total. The molecule has 0 bridgehead atoms. The van der Waals surface area contributed by atoms with Crippen LogP contribution in [0.15, 0.2) is 16.8 Å². The zero-order valence-corrected chi connectivity index (χ0v) is 18.5. The zero-order chi connectivity index (χ0) is 21.8. The smallest absolute Gasteiger partial charge is 0.225 e. The Morgan fingerprint density at radius 2 is 2.16 bits per heavy atom. The van der Waals surface area contributed by atoms with Gasteiger partial charge in [0.2, 0.25) is 17.7 Å². The largest absolute Gasteiger partial charge is 0.481 e. The van der Waals surface area contributed by atoms with Crippen LogP contribution in [0.2, 0.25) is 0 Å². The number of hydrogen-bond acceptors (Lipinski definition) is 8. The Bertz CT molecular complexity index is 909. The molecule has 2 fully saturated rings. The van der Waals surface area contributed by atoms with Crippen LogP contribution >= 0.6 is 0 Å². The SMILES string of the molecule is COc1ncc(CN2C[C@H](C(=O)NCCc3noc(C)n3)C3(CCOCC3)C2)cc1C. The fourth-order valence-corrected chi connectivity index (χ4v) is 4.88. The highest BCUT2D eigenvalue weighted by Gasteiger charge is 2.50. The van der Waals surface area contributed by atoms with E-state index in [-0.39, 0.29) is 17.2 Å². The van der Waals surface area contributed by atoms with E-state index in [9.17, 15) is 4.79 Å². The van der Waals surface area contributed by atoms with Crippen LogP contribution in [-0.4, -0.2) is 65.9 Å². The molecule has 2 aromatic heterocycles. The average Bonchev–Trinajstić information content (AvgIpc) is 3.32. The van der Waals surface area contributed by atoms with Gasteiger partial charge in [-0.05, 0) is 31.4 Å². The van der Waals surface area contributed by atoms with Gasteiger partial charge >= 0.3 is 0 Å². The minimum atomic E-state index is -0.0595. The van der Waals surface area contributed by atoms with Gasteiger partial charge in [0, 0.05) is 69.9 Å². The molecule has 0 aromatic carbocycles. The topological polar surface area (TPSA) is 103 Å². The van der Waals surface area contributed by atoms with Gasteiger partial charge in [-0.25, -0.2) is 4.98 Å². The predicted molar refractivity (Wildman–Crippen MR) is 113 cm³/mol. The first-order valence-corrected chi connectivity index (χ1v) is 10.9. The van der Waals surface area contributed by atoms with Crippen molar-refractivity contribution < 1.29 is 18.8 Å². The van der Waals surface area contributed by atoms with Crippen LogP contribution in [0.25, 0.3) is 0 Å². The fraction of sp³-hybridized carbons (Fsp3) is 0.636. The Hall–Kier alpha value is -2.52. The number of nitrogens with zero attached hydrogens (tertiary/aromatic N) is 4. The summed E-state index contributed by atoms with van der Waals surface area (Å²) in [6, 6.07) is 2.11. The number of aromatic nitrogens is 3. The highest BCUT2D eigenvalue weighted by molar-refractivity contribution is 5.80. The maximum atomic E-state index is 13.2. The van der Waals surface area contributed by atoms with Crippen LogP contribution in [0.4, 0.5) is 0 Å². The number of pyridine rings is 1. The molecule has 0 radical (unpaired) electrons. The van der Waals surface area contributed by atoms with Gasteiger partial charge in [0.1, 0.15) is 0 Å². The third-order valence-corrected chi connectivity index (χ3v) is 6.43. The molecule has 4 heterocycles.